The van der Waals surface area contributed by atoms with E-state index < -0.39 is 17.5 Å². The molecule has 12 heteroatoms. The number of benzene rings is 1. The maximum absolute atomic E-state index is 14.3. The van der Waals surface area contributed by atoms with Crippen LogP contribution in [0.1, 0.15) is 16.1 Å². The highest BCUT2D eigenvalue weighted by Gasteiger charge is 2.19. The molecule has 0 spiro atoms. The van der Waals surface area contributed by atoms with Crippen LogP contribution in [0.2, 0.25) is 0 Å². The number of nitrogens with one attached hydrogen (secondary N) is 2. The molecule has 0 saturated carbocycles. The van der Waals surface area contributed by atoms with Crippen LogP contribution in [0.25, 0.3) is 22.9 Å². The Morgan fingerprint density at radius 3 is 2.79 bits per heavy atom. The SMILES string of the molecule is Nc1nc(-c2cc(-c3ccon3)n(Cc3cccc(F)c3F)n2)ncc1NC(=O)c1ccc[nH]1. The van der Waals surface area contributed by atoms with Gasteiger partial charge in [0.1, 0.15) is 29.0 Å². The lowest BCUT2D eigenvalue weighted by Gasteiger charge is -2.08. The lowest BCUT2D eigenvalue weighted by atomic mass is 10.2. The van der Waals surface area contributed by atoms with Gasteiger partial charge in [-0.3, -0.25) is 9.48 Å². The van der Waals surface area contributed by atoms with E-state index in [4.69, 9.17) is 10.3 Å². The maximum Gasteiger partial charge on any atom is 0.272 e. The van der Waals surface area contributed by atoms with E-state index in [0.29, 0.717) is 22.8 Å². The van der Waals surface area contributed by atoms with Crippen molar-refractivity contribution in [2.45, 2.75) is 6.54 Å². The molecule has 5 aromatic rings. The Labute approximate surface area is 190 Å². The van der Waals surface area contributed by atoms with Crippen molar-refractivity contribution in [3.63, 3.8) is 0 Å². The fraction of sp³-hybridized carbons (Fsp3) is 0.0455. The average Bonchev–Trinajstić information content (AvgIpc) is 3.60. The normalized spacial score (nSPS) is 11.0. The minimum atomic E-state index is -0.965. The maximum atomic E-state index is 14.3. The summed E-state index contributed by atoms with van der Waals surface area (Å²) < 4.78 is 34.3. The van der Waals surface area contributed by atoms with E-state index in [-0.39, 0.29) is 29.4 Å². The molecule has 0 aliphatic heterocycles. The largest absolute Gasteiger partial charge is 0.382 e. The molecule has 0 aliphatic carbocycles. The molecule has 4 aromatic heterocycles. The van der Waals surface area contributed by atoms with Gasteiger partial charge in [-0.25, -0.2) is 18.7 Å². The number of hydrogen-bond acceptors (Lipinski definition) is 7. The molecule has 10 nitrogen and oxygen atoms in total. The third-order valence-corrected chi connectivity index (χ3v) is 4.97. The van der Waals surface area contributed by atoms with Crippen LogP contribution < -0.4 is 11.1 Å². The van der Waals surface area contributed by atoms with Crippen molar-refractivity contribution >= 4 is 17.4 Å². The number of amides is 1. The smallest absolute Gasteiger partial charge is 0.272 e. The van der Waals surface area contributed by atoms with Crippen molar-refractivity contribution in [3.8, 4) is 22.9 Å². The molecule has 0 saturated heterocycles. The second-order valence-corrected chi connectivity index (χ2v) is 7.20. The van der Waals surface area contributed by atoms with E-state index in [1.807, 2.05) is 0 Å². The van der Waals surface area contributed by atoms with E-state index in [1.165, 1.54) is 29.3 Å². The molecule has 4 N–H and O–H groups in total. The lowest BCUT2D eigenvalue weighted by molar-refractivity contribution is 0.102. The standard InChI is InChI=1S/C22H16F2N8O2/c23-13-4-1-3-12(19(13)24)11-32-18(14-6-8-34-31-14)9-16(30-32)21-27-10-17(20(25)29-21)28-22(33)15-5-2-7-26-15/h1-10,26H,11H2,(H,28,33)(H2,25,27,29). The topological polar surface area (TPSA) is 141 Å². The van der Waals surface area contributed by atoms with Gasteiger partial charge in [0.05, 0.1) is 18.4 Å². The van der Waals surface area contributed by atoms with E-state index in [0.717, 1.165) is 6.07 Å². The van der Waals surface area contributed by atoms with E-state index in [1.54, 1.807) is 30.5 Å². The first-order valence-electron chi connectivity index (χ1n) is 9.98. The third-order valence-electron chi connectivity index (χ3n) is 4.97. The summed E-state index contributed by atoms with van der Waals surface area (Å²) in [6.07, 6.45) is 4.36. The molecule has 4 heterocycles. The number of halogens is 2. The minimum Gasteiger partial charge on any atom is -0.382 e. The number of carbonyl (C=O) groups excluding carboxylic acids is 1. The second-order valence-electron chi connectivity index (χ2n) is 7.20. The van der Waals surface area contributed by atoms with Gasteiger partial charge in [0.15, 0.2) is 23.3 Å². The number of nitrogen functional groups attached to an aromatic ring is 1. The fourth-order valence-electron chi connectivity index (χ4n) is 3.31. The predicted octanol–water partition coefficient (Wildman–Crippen LogP) is 3.48. The summed E-state index contributed by atoms with van der Waals surface area (Å²) in [5.41, 5.74) is 7.91. The van der Waals surface area contributed by atoms with E-state index >= 15 is 0 Å². The number of rotatable bonds is 6. The van der Waals surface area contributed by atoms with Crippen molar-refractivity contribution in [1.82, 2.24) is 29.9 Å². The van der Waals surface area contributed by atoms with Gasteiger partial charge in [-0.05, 0) is 24.3 Å². The Morgan fingerprint density at radius 1 is 1.18 bits per heavy atom. The first kappa shape index (κ1) is 21.0. The van der Waals surface area contributed by atoms with Crippen molar-refractivity contribution in [2.75, 3.05) is 11.1 Å². The van der Waals surface area contributed by atoms with Crippen LogP contribution in [0, 0.1) is 11.6 Å². The Bertz CT molecular complexity index is 1460. The summed E-state index contributed by atoms with van der Waals surface area (Å²) in [6, 6.07) is 10.4. The third kappa shape index (κ3) is 3.99. The predicted molar refractivity (Wildman–Crippen MR) is 117 cm³/mol. The summed E-state index contributed by atoms with van der Waals surface area (Å²) in [6.45, 7) is -0.0778. The summed E-state index contributed by atoms with van der Waals surface area (Å²) >= 11 is 0. The highest BCUT2D eigenvalue weighted by molar-refractivity contribution is 6.04. The highest BCUT2D eigenvalue weighted by atomic mass is 19.2. The number of H-pyrrole nitrogens is 1. The van der Waals surface area contributed by atoms with Crippen LogP contribution in [-0.4, -0.2) is 35.8 Å². The first-order valence-corrected chi connectivity index (χ1v) is 9.98. The quantitative estimate of drug-likeness (QED) is 0.351. The second kappa shape index (κ2) is 8.58. The minimum absolute atomic E-state index is 0.0265. The van der Waals surface area contributed by atoms with Gasteiger partial charge in [-0.15, -0.1) is 0 Å². The molecule has 0 radical (unpaired) electrons. The molecule has 0 aliphatic rings. The van der Waals surface area contributed by atoms with E-state index in [9.17, 15) is 13.6 Å². The summed E-state index contributed by atoms with van der Waals surface area (Å²) in [7, 11) is 0. The molecule has 1 aromatic carbocycles. The van der Waals surface area contributed by atoms with Crippen molar-refractivity contribution < 1.29 is 18.1 Å². The Balaban J connectivity index is 1.48. The van der Waals surface area contributed by atoms with Crippen molar-refractivity contribution in [3.05, 3.63) is 84.0 Å². The first-order chi connectivity index (χ1) is 16.5. The Morgan fingerprint density at radius 2 is 2.06 bits per heavy atom. The molecule has 5 rings (SSSR count). The zero-order valence-corrected chi connectivity index (χ0v) is 17.4. The van der Waals surface area contributed by atoms with Gasteiger partial charge >= 0.3 is 0 Å². The molecule has 34 heavy (non-hydrogen) atoms. The lowest BCUT2D eigenvalue weighted by Crippen LogP contribution is -2.14. The Hall–Kier alpha value is -4.87. The number of nitrogens with zero attached hydrogens (tertiary/aromatic N) is 5. The molecule has 0 bridgehead atoms. The molecule has 0 fully saturated rings. The zero-order valence-electron chi connectivity index (χ0n) is 17.4. The van der Waals surface area contributed by atoms with Gasteiger partial charge in [0.2, 0.25) is 0 Å². The molecular weight excluding hydrogens is 446 g/mol. The molecule has 0 unspecified atom stereocenters. The monoisotopic (exact) mass is 462 g/mol. The van der Waals surface area contributed by atoms with Gasteiger partial charge in [0.25, 0.3) is 5.91 Å². The number of anilines is 2. The molecule has 170 valence electrons. The average molecular weight is 462 g/mol. The summed E-state index contributed by atoms with van der Waals surface area (Å²) in [4.78, 5) is 23.5. The number of aromatic nitrogens is 6. The fourth-order valence-corrected chi connectivity index (χ4v) is 3.31. The summed E-state index contributed by atoms with van der Waals surface area (Å²) in [5, 5.41) is 11.0. The van der Waals surface area contributed by atoms with Gasteiger partial charge in [-0.1, -0.05) is 17.3 Å². The van der Waals surface area contributed by atoms with Gasteiger partial charge < -0.3 is 20.6 Å². The van der Waals surface area contributed by atoms with Crippen LogP contribution in [0.3, 0.4) is 0 Å². The van der Waals surface area contributed by atoms with Gasteiger partial charge in [0, 0.05) is 17.8 Å². The molecular formula is C22H16F2N8O2. The van der Waals surface area contributed by atoms with Crippen molar-refractivity contribution in [2.24, 2.45) is 0 Å². The number of carbonyl (C=O) groups is 1. The van der Waals surface area contributed by atoms with Crippen molar-refractivity contribution in [1.29, 1.82) is 0 Å². The highest BCUT2D eigenvalue weighted by Crippen LogP contribution is 2.27. The van der Waals surface area contributed by atoms with Crippen LogP contribution in [0.4, 0.5) is 20.3 Å². The van der Waals surface area contributed by atoms with Crippen LogP contribution in [0.5, 0.6) is 0 Å². The number of nitrogens with two attached hydrogens (primary N) is 1. The number of aromatic amines is 1. The van der Waals surface area contributed by atoms with Crippen LogP contribution in [0.15, 0.2) is 65.6 Å². The van der Waals surface area contributed by atoms with Gasteiger partial charge in [-0.2, -0.15) is 5.10 Å². The van der Waals surface area contributed by atoms with Crippen LogP contribution >= 0.6 is 0 Å². The molecule has 0 atom stereocenters. The van der Waals surface area contributed by atoms with E-state index in [2.05, 4.69) is 30.5 Å². The zero-order chi connectivity index (χ0) is 23.7. The Kier molecular flexibility index (Phi) is 5.30. The number of hydrogen-bond donors (Lipinski definition) is 3. The molecule has 1 amide bonds. The summed E-state index contributed by atoms with van der Waals surface area (Å²) in [5.74, 6) is -2.13. The van der Waals surface area contributed by atoms with Crippen LogP contribution in [-0.2, 0) is 6.54 Å².